The minimum absolute atomic E-state index is 0.0168. The summed E-state index contributed by atoms with van der Waals surface area (Å²) in [5.41, 5.74) is 0.957. The van der Waals surface area contributed by atoms with E-state index < -0.39 is 9.05 Å². The summed E-state index contributed by atoms with van der Waals surface area (Å²) >= 11 is 0. The van der Waals surface area contributed by atoms with Crippen molar-refractivity contribution in [2.45, 2.75) is 11.4 Å². The maximum absolute atomic E-state index is 11.7. The Labute approximate surface area is 120 Å². The summed E-state index contributed by atoms with van der Waals surface area (Å²) in [6.45, 7) is 0.248. The lowest BCUT2D eigenvalue weighted by molar-refractivity contribution is 0.0946. The quantitative estimate of drug-likeness (QED) is 0.837. The van der Waals surface area contributed by atoms with Gasteiger partial charge in [0.25, 0.3) is 15.0 Å². The lowest BCUT2D eigenvalue weighted by atomic mass is 10.2. The highest BCUT2D eigenvalue weighted by Gasteiger charge is 2.11. The molecule has 0 saturated carbocycles. The molecule has 0 aliphatic rings. The molecular weight excluding hydrogens is 304 g/mol. The smallest absolute Gasteiger partial charge is 0.273 e. The molecule has 0 radical (unpaired) electrons. The topological polar surface area (TPSA) is 94.0 Å². The summed E-state index contributed by atoms with van der Waals surface area (Å²) in [6, 6.07) is 5.91. The summed E-state index contributed by atoms with van der Waals surface area (Å²) in [4.78, 5) is 11.7. The average Bonchev–Trinajstić information content (AvgIpc) is 2.82. The monoisotopic (exact) mass is 314 g/mol. The highest BCUT2D eigenvalue weighted by molar-refractivity contribution is 8.13. The number of amides is 1. The van der Waals surface area contributed by atoms with E-state index in [1.807, 2.05) is 0 Å². The predicted octanol–water partition coefficient (Wildman–Crippen LogP) is 0.673. The van der Waals surface area contributed by atoms with Crippen LogP contribution in [0.5, 0.6) is 0 Å². The molecule has 20 heavy (non-hydrogen) atoms. The molecule has 1 aromatic carbocycles. The molecule has 0 aliphatic heterocycles. The Hall–Kier alpha value is -1.93. The molecule has 106 valence electrons. The summed E-state index contributed by atoms with van der Waals surface area (Å²) in [5, 5.41) is 9.98. The van der Waals surface area contributed by atoms with Crippen LogP contribution in [0.25, 0.3) is 0 Å². The van der Waals surface area contributed by atoms with Crippen molar-refractivity contribution in [3.63, 3.8) is 0 Å². The SMILES string of the molecule is Cn1cc(C(=O)NCc2ccc(S(=O)(=O)Cl)cc2)nn1. The maximum Gasteiger partial charge on any atom is 0.273 e. The van der Waals surface area contributed by atoms with E-state index in [1.165, 1.54) is 23.0 Å². The zero-order valence-electron chi connectivity index (χ0n) is 10.4. The van der Waals surface area contributed by atoms with E-state index in [0.29, 0.717) is 0 Å². The van der Waals surface area contributed by atoms with Crippen molar-refractivity contribution in [1.29, 1.82) is 0 Å². The number of nitrogens with one attached hydrogen (secondary N) is 1. The molecule has 1 heterocycles. The van der Waals surface area contributed by atoms with Crippen LogP contribution in [0, 0.1) is 0 Å². The lowest BCUT2D eigenvalue weighted by Crippen LogP contribution is -2.23. The Morgan fingerprint density at radius 1 is 1.35 bits per heavy atom. The van der Waals surface area contributed by atoms with Gasteiger partial charge in [0.05, 0.1) is 11.1 Å². The van der Waals surface area contributed by atoms with Crippen LogP contribution in [-0.4, -0.2) is 29.3 Å². The van der Waals surface area contributed by atoms with Gasteiger partial charge in [0.1, 0.15) is 0 Å². The average molecular weight is 315 g/mol. The molecule has 0 spiro atoms. The third-order valence-electron chi connectivity index (χ3n) is 2.49. The Kier molecular flexibility index (Phi) is 4.05. The minimum atomic E-state index is -3.73. The standard InChI is InChI=1S/C11H11ClN4O3S/c1-16-7-10(14-15-16)11(17)13-6-8-2-4-9(5-3-8)20(12,18)19/h2-5,7H,6H2,1H3,(H,13,17). The van der Waals surface area contributed by atoms with Crippen LogP contribution in [0.2, 0.25) is 0 Å². The summed E-state index contributed by atoms with van der Waals surface area (Å²) in [7, 11) is 3.14. The van der Waals surface area contributed by atoms with Crippen LogP contribution < -0.4 is 5.32 Å². The van der Waals surface area contributed by atoms with Crippen molar-refractivity contribution in [2.75, 3.05) is 0 Å². The highest BCUT2D eigenvalue weighted by Crippen LogP contribution is 2.15. The minimum Gasteiger partial charge on any atom is -0.347 e. The number of rotatable bonds is 4. The summed E-state index contributed by atoms with van der Waals surface area (Å²) in [6.07, 6.45) is 1.50. The van der Waals surface area contributed by atoms with Gasteiger partial charge in [0, 0.05) is 24.3 Å². The van der Waals surface area contributed by atoms with Gasteiger partial charge in [-0.3, -0.25) is 9.48 Å². The molecule has 9 heteroatoms. The number of hydrogen-bond acceptors (Lipinski definition) is 5. The van der Waals surface area contributed by atoms with Gasteiger partial charge < -0.3 is 5.32 Å². The molecule has 1 N–H and O–H groups in total. The van der Waals surface area contributed by atoms with E-state index in [4.69, 9.17) is 10.7 Å². The number of aromatic nitrogens is 3. The second kappa shape index (κ2) is 5.59. The van der Waals surface area contributed by atoms with Gasteiger partial charge in [-0.15, -0.1) is 5.10 Å². The van der Waals surface area contributed by atoms with Crippen molar-refractivity contribution in [3.05, 3.63) is 41.7 Å². The van der Waals surface area contributed by atoms with E-state index in [-0.39, 0.29) is 23.0 Å². The van der Waals surface area contributed by atoms with Gasteiger partial charge in [0.2, 0.25) is 0 Å². The van der Waals surface area contributed by atoms with Crippen LogP contribution in [-0.2, 0) is 22.6 Å². The fourth-order valence-electron chi connectivity index (χ4n) is 1.49. The van der Waals surface area contributed by atoms with Crippen molar-refractivity contribution >= 4 is 25.6 Å². The number of carbonyl (C=O) groups excluding carboxylic acids is 1. The third kappa shape index (κ3) is 3.55. The number of aryl methyl sites for hydroxylation is 1. The zero-order chi connectivity index (χ0) is 14.8. The Morgan fingerprint density at radius 2 is 2.00 bits per heavy atom. The molecule has 2 rings (SSSR count). The second-order valence-electron chi connectivity index (χ2n) is 4.04. The number of nitrogens with zero attached hydrogens (tertiary/aromatic N) is 3. The van der Waals surface area contributed by atoms with E-state index in [2.05, 4.69) is 15.6 Å². The first kappa shape index (κ1) is 14.5. The summed E-state index contributed by atoms with van der Waals surface area (Å²) < 4.78 is 23.6. The van der Waals surface area contributed by atoms with Crippen LogP contribution in [0.4, 0.5) is 0 Å². The molecule has 0 unspecified atom stereocenters. The van der Waals surface area contributed by atoms with Crippen LogP contribution in [0.3, 0.4) is 0 Å². The number of carbonyl (C=O) groups is 1. The van der Waals surface area contributed by atoms with Gasteiger partial charge in [-0.05, 0) is 17.7 Å². The largest absolute Gasteiger partial charge is 0.347 e. The first-order valence-corrected chi connectivity index (χ1v) is 7.85. The van der Waals surface area contributed by atoms with Crippen LogP contribution >= 0.6 is 10.7 Å². The third-order valence-corrected chi connectivity index (χ3v) is 3.86. The molecule has 0 atom stereocenters. The molecule has 0 fully saturated rings. The van der Waals surface area contributed by atoms with Crippen molar-refractivity contribution in [2.24, 2.45) is 7.05 Å². The molecule has 2 aromatic rings. The number of benzene rings is 1. The number of halogens is 1. The maximum atomic E-state index is 11.7. The van der Waals surface area contributed by atoms with Crippen molar-refractivity contribution in [3.8, 4) is 0 Å². The first-order chi connectivity index (χ1) is 9.36. The first-order valence-electron chi connectivity index (χ1n) is 5.54. The van der Waals surface area contributed by atoms with E-state index in [1.54, 1.807) is 19.2 Å². The fourth-order valence-corrected chi connectivity index (χ4v) is 2.26. The Bertz CT molecular complexity index is 724. The van der Waals surface area contributed by atoms with Gasteiger partial charge in [-0.25, -0.2) is 8.42 Å². The molecule has 0 bridgehead atoms. The summed E-state index contributed by atoms with van der Waals surface area (Å²) in [5.74, 6) is -0.354. The Balaban J connectivity index is 1.99. The predicted molar refractivity (Wildman–Crippen MR) is 71.7 cm³/mol. The normalized spacial score (nSPS) is 11.3. The zero-order valence-corrected chi connectivity index (χ0v) is 12.0. The van der Waals surface area contributed by atoms with Gasteiger partial charge in [-0.2, -0.15) is 0 Å². The number of hydrogen-bond donors (Lipinski definition) is 1. The highest BCUT2D eigenvalue weighted by atomic mass is 35.7. The molecule has 0 aliphatic carbocycles. The van der Waals surface area contributed by atoms with E-state index in [0.717, 1.165) is 5.56 Å². The van der Waals surface area contributed by atoms with Gasteiger partial charge >= 0.3 is 0 Å². The molecule has 1 amide bonds. The second-order valence-corrected chi connectivity index (χ2v) is 6.61. The molecule has 7 nitrogen and oxygen atoms in total. The van der Waals surface area contributed by atoms with Gasteiger partial charge in [0.15, 0.2) is 5.69 Å². The van der Waals surface area contributed by atoms with Gasteiger partial charge in [-0.1, -0.05) is 17.3 Å². The molecule has 1 aromatic heterocycles. The van der Waals surface area contributed by atoms with E-state index in [9.17, 15) is 13.2 Å². The van der Waals surface area contributed by atoms with Crippen molar-refractivity contribution < 1.29 is 13.2 Å². The van der Waals surface area contributed by atoms with E-state index >= 15 is 0 Å². The Morgan fingerprint density at radius 3 is 2.50 bits per heavy atom. The van der Waals surface area contributed by atoms with Crippen molar-refractivity contribution in [1.82, 2.24) is 20.3 Å². The molecule has 0 saturated heterocycles. The van der Waals surface area contributed by atoms with Crippen LogP contribution in [0.15, 0.2) is 35.4 Å². The lowest BCUT2D eigenvalue weighted by Gasteiger charge is -2.04. The molecular formula is C11H11ClN4O3S. The van der Waals surface area contributed by atoms with Crippen LogP contribution in [0.1, 0.15) is 16.1 Å². The fraction of sp³-hybridized carbons (Fsp3) is 0.182.